The fraction of sp³-hybridized carbons (Fsp3) is 0.417. The van der Waals surface area contributed by atoms with E-state index in [1.54, 1.807) is 6.92 Å². The number of phenolic OH excluding ortho intramolecular Hbond substituents is 1. The van der Waals surface area contributed by atoms with E-state index in [-0.39, 0.29) is 24.0 Å². The number of hydrogen-bond donors (Lipinski definition) is 4. The molecular formula is C12H18N2O3. The molecule has 0 saturated carbocycles. The Morgan fingerprint density at radius 1 is 1.53 bits per heavy atom. The molecule has 17 heavy (non-hydrogen) atoms. The summed E-state index contributed by atoms with van der Waals surface area (Å²) in [6.45, 7) is 3.48. The number of benzene rings is 1. The molecule has 5 nitrogen and oxygen atoms in total. The molecule has 0 spiro atoms. The molecule has 0 aliphatic carbocycles. The fourth-order valence-corrected chi connectivity index (χ4v) is 1.27. The molecule has 0 saturated heterocycles. The van der Waals surface area contributed by atoms with Gasteiger partial charge in [0.2, 0.25) is 0 Å². The van der Waals surface area contributed by atoms with Crippen LogP contribution in [0, 0.1) is 0 Å². The zero-order valence-corrected chi connectivity index (χ0v) is 10.0. The molecule has 1 aromatic rings. The maximum absolute atomic E-state index is 11.9. The van der Waals surface area contributed by atoms with Crippen LogP contribution in [0.25, 0.3) is 0 Å². The summed E-state index contributed by atoms with van der Waals surface area (Å²) in [4.78, 5) is 11.9. The Bertz CT molecular complexity index is 414. The Morgan fingerprint density at radius 2 is 2.18 bits per heavy atom. The number of carbonyl (C=O) groups excluding carboxylic acids is 1. The zero-order chi connectivity index (χ0) is 13.1. The Balaban J connectivity index is 2.86. The highest BCUT2D eigenvalue weighted by Crippen LogP contribution is 2.21. The summed E-state index contributed by atoms with van der Waals surface area (Å²) in [5.74, 6) is -0.474. The normalized spacial score (nSPS) is 14.1. The van der Waals surface area contributed by atoms with Crippen LogP contribution in [-0.2, 0) is 0 Å². The van der Waals surface area contributed by atoms with Crippen molar-refractivity contribution in [3.8, 4) is 5.75 Å². The number of nitrogens with one attached hydrogen (secondary N) is 1. The van der Waals surface area contributed by atoms with Gasteiger partial charge in [-0.15, -0.1) is 0 Å². The van der Waals surface area contributed by atoms with Crippen molar-refractivity contribution in [1.82, 2.24) is 5.32 Å². The molecule has 5 N–H and O–H groups in total. The molecule has 5 heteroatoms. The number of aromatic hydroxyl groups is 1. The molecule has 1 aromatic carbocycles. The summed E-state index contributed by atoms with van der Waals surface area (Å²) in [7, 11) is 0. The van der Waals surface area contributed by atoms with Gasteiger partial charge in [-0.2, -0.15) is 0 Å². The monoisotopic (exact) mass is 238 g/mol. The van der Waals surface area contributed by atoms with Crippen molar-refractivity contribution in [2.45, 2.75) is 25.8 Å². The number of nitrogens with two attached hydrogens (primary N) is 1. The largest absolute Gasteiger partial charge is 0.506 e. The molecule has 1 atom stereocenters. The third-order valence-electron chi connectivity index (χ3n) is 2.84. The minimum atomic E-state index is -0.659. The van der Waals surface area contributed by atoms with Gasteiger partial charge < -0.3 is 21.3 Å². The molecule has 0 heterocycles. The molecule has 0 fully saturated rings. The lowest BCUT2D eigenvalue weighted by atomic mass is 9.99. The maximum Gasteiger partial charge on any atom is 0.251 e. The highest BCUT2D eigenvalue weighted by Gasteiger charge is 2.23. The lowest BCUT2D eigenvalue weighted by molar-refractivity contribution is 0.0847. The number of anilines is 1. The van der Waals surface area contributed by atoms with Crippen molar-refractivity contribution in [2.75, 3.05) is 12.3 Å². The van der Waals surface area contributed by atoms with Gasteiger partial charge in [-0.25, -0.2) is 0 Å². The molecule has 0 radical (unpaired) electrons. The van der Waals surface area contributed by atoms with Crippen LogP contribution in [0.15, 0.2) is 18.2 Å². The van der Waals surface area contributed by atoms with E-state index in [0.29, 0.717) is 12.0 Å². The first-order chi connectivity index (χ1) is 7.91. The molecule has 0 bridgehead atoms. The second kappa shape index (κ2) is 5.05. The molecule has 1 amide bonds. The van der Waals surface area contributed by atoms with Crippen LogP contribution in [-0.4, -0.2) is 28.3 Å². The van der Waals surface area contributed by atoms with Crippen molar-refractivity contribution in [3.05, 3.63) is 23.8 Å². The van der Waals surface area contributed by atoms with E-state index in [1.165, 1.54) is 18.2 Å². The molecular weight excluding hydrogens is 220 g/mol. The minimum Gasteiger partial charge on any atom is -0.506 e. The molecule has 1 unspecified atom stereocenters. The Labute approximate surface area is 100 Å². The summed E-state index contributed by atoms with van der Waals surface area (Å²) in [5, 5.41) is 21.3. The first-order valence-corrected chi connectivity index (χ1v) is 5.43. The number of aliphatic hydroxyl groups excluding tert-OH is 1. The minimum absolute atomic E-state index is 0.125. The van der Waals surface area contributed by atoms with Crippen molar-refractivity contribution < 1.29 is 15.0 Å². The molecule has 0 aliphatic rings. The highest BCUT2D eigenvalue weighted by atomic mass is 16.3. The van der Waals surface area contributed by atoms with Gasteiger partial charge in [-0.05, 0) is 31.5 Å². The van der Waals surface area contributed by atoms with Gasteiger partial charge in [0.1, 0.15) is 5.75 Å². The second-order valence-electron chi connectivity index (χ2n) is 4.30. The lowest BCUT2D eigenvalue weighted by Gasteiger charge is -2.27. The van der Waals surface area contributed by atoms with Crippen LogP contribution in [0.4, 0.5) is 5.69 Å². The maximum atomic E-state index is 11.9. The van der Waals surface area contributed by atoms with Gasteiger partial charge in [-0.3, -0.25) is 4.79 Å². The van der Waals surface area contributed by atoms with Crippen LogP contribution < -0.4 is 11.1 Å². The van der Waals surface area contributed by atoms with Crippen molar-refractivity contribution >= 4 is 11.6 Å². The highest BCUT2D eigenvalue weighted by molar-refractivity contribution is 5.95. The SMILES string of the molecule is CCC(C)(CO)NC(=O)c1ccc(N)c(O)c1. The van der Waals surface area contributed by atoms with E-state index < -0.39 is 5.54 Å². The number of carbonyl (C=O) groups is 1. The van der Waals surface area contributed by atoms with E-state index >= 15 is 0 Å². The zero-order valence-electron chi connectivity index (χ0n) is 10.0. The van der Waals surface area contributed by atoms with Crippen LogP contribution in [0.1, 0.15) is 30.6 Å². The average Bonchev–Trinajstić information content (AvgIpc) is 2.32. The summed E-state index contributed by atoms with van der Waals surface area (Å²) in [6, 6.07) is 4.29. The second-order valence-corrected chi connectivity index (χ2v) is 4.30. The Kier molecular flexibility index (Phi) is 3.96. The van der Waals surface area contributed by atoms with Crippen LogP contribution >= 0.6 is 0 Å². The number of phenols is 1. The van der Waals surface area contributed by atoms with E-state index in [0.717, 1.165) is 0 Å². The van der Waals surface area contributed by atoms with Gasteiger partial charge >= 0.3 is 0 Å². The van der Waals surface area contributed by atoms with Crippen molar-refractivity contribution in [2.24, 2.45) is 0 Å². The quantitative estimate of drug-likeness (QED) is 0.462. The Morgan fingerprint density at radius 3 is 2.65 bits per heavy atom. The van der Waals surface area contributed by atoms with E-state index in [9.17, 15) is 15.0 Å². The van der Waals surface area contributed by atoms with Gasteiger partial charge in [0.15, 0.2) is 0 Å². The first kappa shape index (κ1) is 13.3. The van der Waals surface area contributed by atoms with E-state index in [2.05, 4.69) is 5.32 Å². The van der Waals surface area contributed by atoms with Crippen molar-refractivity contribution in [1.29, 1.82) is 0 Å². The van der Waals surface area contributed by atoms with Gasteiger partial charge in [0.05, 0.1) is 17.8 Å². The predicted octanol–water partition coefficient (Wildman–Crippen LogP) is 0.865. The van der Waals surface area contributed by atoms with Gasteiger partial charge in [0, 0.05) is 5.56 Å². The molecule has 0 aromatic heterocycles. The standard InChI is InChI=1S/C12H18N2O3/c1-3-12(2,7-15)14-11(17)8-4-5-9(13)10(16)6-8/h4-6,15-16H,3,7,13H2,1-2H3,(H,14,17). The van der Waals surface area contributed by atoms with E-state index in [1.807, 2.05) is 6.92 Å². The third-order valence-corrected chi connectivity index (χ3v) is 2.84. The summed E-state index contributed by atoms with van der Waals surface area (Å²) in [6.07, 6.45) is 0.607. The van der Waals surface area contributed by atoms with Crippen molar-refractivity contribution in [3.63, 3.8) is 0 Å². The number of nitrogen functional groups attached to an aromatic ring is 1. The number of aliphatic hydroxyl groups is 1. The number of rotatable bonds is 4. The summed E-state index contributed by atoms with van der Waals surface area (Å²) < 4.78 is 0. The summed E-state index contributed by atoms with van der Waals surface area (Å²) in [5.41, 5.74) is 5.32. The average molecular weight is 238 g/mol. The third kappa shape index (κ3) is 3.10. The van der Waals surface area contributed by atoms with Crippen LogP contribution in [0.3, 0.4) is 0 Å². The lowest BCUT2D eigenvalue weighted by Crippen LogP contribution is -2.48. The van der Waals surface area contributed by atoms with Gasteiger partial charge in [0.25, 0.3) is 5.91 Å². The molecule has 0 aliphatic heterocycles. The molecule has 1 rings (SSSR count). The number of amides is 1. The van der Waals surface area contributed by atoms with Crippen LogP contribution in [0.5, 0.6) is 5.75 Å². The predicted molar refractivity (Wildman–Crippen MR) is 65.8 cm³/mol. The van der Waals surface area contributed by atoms with E-state index in [4.69, 9.17) is 5.73 Å². The van der Waals surface area contributed by atoms with Crippen LogP contribution in [0.2, 0.25) is 0 Å². The molecule has 94 valence electrons. The van der Waals surface area contributed by atoms with Gasteiger partial charge in [-0.1, -0.05) is 6.92 Å². The summed E-state index contributed by atoms with van der Waals surface area (Å²) >= 11 is 0. The topological polar surface area (TPSA) is 95.6 Å². The fourth-order valence-electron chi connectivity index (χ4n) is 1.27. The first-order valence-electron chi connectivity index (χ1n) is 5.43. The Hall–Kier alpha value is -1.75. The number of hydrogen-bond acceptors (Lipinski definition) is 4. The smallest absolute Gasteiger partial charge is 0.251 e.